The average Bonchev–Trinajstić information content (AvgIpc) is 3.46. The van der Waals surface area contributed by atoms with Gasteiger partial charge in [0.25, 0.3) is 0 Å². The summed E-state index contributed by atoms with van der Waals surface area (Å²) in [6, 6.07) is 8.01. The lowest BCUT2D eigenvalue weighted by Gasteiger charge is -2.49. The SMILES string of the molecule is FC(F)(F)Cc1cc2c(N3CC4(CCC(Nc5ccc6cc(C(F)(F)F)[nH]c6c5)C4)C3)ncnc2s1. The molecule has 1 spiro atoms. The van der Waals surface area contributed by atoms with Crippen LogP contribution >= 0.6 is 11.3 Å². The second kappa shape index (κ2) is 7.99. The predicted molar refractivity (Wildman–Crippen MR) is 126 cm³/mol. The largest absolute Gasteiger partial charge is 0.431 e. The van der Waals surface area contributed by atoms with Crippen LogP contribution in [-0.4, -0.2) is 40.3 Å². The highest BCUT2D eigenvalue weighted by atomic mass is 32.1. The summed E-state index contributed by atoms with van der Waals surface area (Å²) in [5.41, 5.74) is 0.520. The quantitative estimate of drug-likeness (QED) is 0.289. The standard InChI is InChI=1S/C24H21F6N5S/c25-23(26,27)9-16-7-17-20(31-12-32-21(17)36-16)35-10-22(11-35)4-3-15(8-22)33-14-2-1-13-5-19(24(28,29)30)34-18(13)6-14/h1-2,5-7,12,15,33-34H,3-4,8-11H2. The molecular formula is C24H21F6N5S. The Bertz CT molecular complexity index is 1430. The third kappa shape index (κ3) is 4.35. The summed E-state index contributed by atoms with van der Waals surface area (Å²) >= 11 is 1.05. The topological polar surface area (TPSA) is 56.8 Å². The molecule has 2 N–H and O–H groups in total. The summed E-state index contributed by atoms with van der Waals surface area (Å²) in [5.74, 6) is 0.671. The van der Waals surface area contributed by atoms with E-state index in [1.165, 1.54) is 6.33 Å². The molecule has 1 aliphatic carbocycles. The minimum Gasteiger partial charge on any atom is -0.382 e. The van der Waals surface area contributed by atoms with Crippen LogP contribution in [0.15, 0.2) is 36.7 Å². The van der Waals surface area contributed by atoms with Crippen molar-refractivity contribution in [2.45, 2.75) is 44.1 Å². The molecule has 1 aromatic carbocycles. The number of aromatic nitrogens is 3. The van der Waals surface area contributed by atoms with Gasteiger partial charge in [-0.15, -0.1) is 11.3 Å². The van der Waals surface area contributed by atoms with E-state index >= 15 is 0 Å². The number of aromatic amines is 1. The van der Waals surface area contributed by atoms with Crippen molar-refractivity contribution in [1.82, 2.24) is 15.0 Å². The van der Waals surface area contributed by atoms with E-state index in [0.29, 0.717) is 26.9 Å². The van der Waals surface area contributed by atoms with Crippen molar-refractivity contribution in [1.29, 1.82) is 0 Å². The molecular weight excluding hydrogens is 504 g/mol. The molecule has 1 unspecified atom stereocenters. The van der Waals surface area contributed by atoms with Crippen LogP contribution in [0, 0.1) is 5.41 Å². The first kappa shape index (κ1) is 23.4. The second-order valence-electron chi connectivity index (χ2n) is 9.84. The Labute approximate surface area is 205 Å². The maximum absolute atomic E-state index is 13.0. The number of H-pyrrole nitrogens is 1. The molecule has 36 heavy (non-hydrogen) atoms. The van der Waals surface area contributed by atoms with Crippen LogP contribution in [0.4, 0.5) is 37.8 Å². The van der Waals surface area contributed by atoms with Crippen molar-refractivity contribution in [2.24, 2.45) is 5.41 Å². The maximum atomic E-state index is 13.0. The van der Waals surface area contributed by atoms with Crippen LogP contribution in [0.5, 0.6) is 0 Å². The van der Waals surface area contributed by atoms with Crippen molar-refractivity contribution >= 4 is 44.0 Å². The number of benzene rings is 1. The van der Waals surface area contributed by atoms with E-state index in [4.69, 9.17) is 0 Å². The van der Waals surface area contributed by atoms with Gasteiger partial charge in [0.15, 0.2) is 0 Å². The zero-order chi connectivity index (χ0) is 25.3. The molecule has 1 atom stereocenters. The number of nitrogens with one attached hydrogen (secondary N) is 2. The Morgan fingerprint density at radius 2 is 1.89 bits per heavy atom. The monoisotopic (exact) mass is 525 g/mol. The summed E-state index contributed by atoms with van der Waals surface area (Å²) in [6.45, 7) is 1.51. The zero-order valence-electron chi connectivity index (χ0n) is 18.8. The summed E-state index contributed by atoms with van der Waals surface area (Å²) < 4.78 is 77.5. The van der Waals surface area contributed by atoms with Crippen molar-refractivity contribution in [3.05, 3.63) is 47.2 Å². The van der Waals surface area contributed by atoms with Gasteiger partial charge in [0, 0.05) is 46.0 Å². The molecule has 190 valence electrons. The van der Waals surface area contributed by atoms with Crippen LogP contribution in [0.25, 0.3) is 21.1 Å². The number of alkyl halides is 6. The first-order valence-electron chi connectivity index (χ1n) is 11.5. The van der Waals surface area contributed by atoms with Crippen molar-refractivity contribution in [2.75, 3.05) is 23.3 Å². The van der Waals surface area contributed by atoms with Gasteiger partial charge < -0.3 is 15.2 Å². The first-order chi connectivity index (χ1) is 17.0. The third-order valence-corrected chi connectivity index (χ3v) is 8.13. The Kier molecular flexibility index (Phi) is 5.19. The molecule has 2 fully saturated rings. The van der Waals surface area contributed by atoms with Gasteiger partial charge in [-0.1, -0.05) is 6.07 Å². The van der Waals surface area contributed by atoms with Gasteiger partial charge >= 0.3 is 12.4 Å². The fraction of sp³-hybridized carbons (Fsp3) is 0.417. The molecule has 3 aromatic heterocycles. The van der Waals surface area contributed by atoms with E-state index in [-0.39, 0.29) is 16.3 Å². The van der Waals surface area contributed by atoms with Crippen molar-refractivity contribution < 1.29 is 26.3 Å². The van der Waals surface area contributed by atoms with Crippen LogP contribution < -0.4 is 10.2 Å². The Hall–Kier alpha value is -3.02. The second-order valence-corrected chi connectivity index (χ2v) is 11.0. The van der Waals surface area contributed by atoms with E-state index in [1.807, 2.05) is 0 Å². The first-order valence-corrected chi connectivity index (χ1v) is 12.3. The smallest absolute Gasteiger partial charge is 0.382 e. The average molecular weight is 526 g/mol. The van der Waals surface area contributed by atoms with Gasteiger partial charge in [0.05, 0.1) is 11.8 Å². The molecule has 5 nitrogen and oxygen atoms in total. The lowest BCUT2D eigenvalue weighted by Crippen LogP contribution is -2.56. The number of rotatable bonds is 4. The number of hydrogen-bond donors (Lipinski definition) is 2. The van der Waals surface area contributed by atoms with Gasteiger partial charge in [-0.3, -0.25) is 0 Å². The zero-order valence-corrected chi connectivity index (χ0v) is 19.6. The van der Waals surface area contributed by atoms with E-state index in [9.17, 15) is 26.3 Å². The van der Waals surface area contributed by atoms with Crippen molar-refractivity contribution in [3.63, 3.8) is 0 Å². The van der Waals surface area contributed by atoms with Gasteiger partial charge in [-0.2, -0.15) is 26.3 Å². The lowest BCUT2D eigenvalue weighted by atomic mass is 9.78. The number of fused-ring (bicyclic) bond motifs is 2. The van der Waals surface area contributed by atoms with Gasteiger partial charge in [0.1, 0.15) is 22.7 Å². The minimum absolute atomic E-state index is 0.0831. The molecule has 4 aromatic rings. The van der Waals surface area contributed by atoms with Crippen LogP contribution in [0.1, 0.15) is 29.8 Å². The normalized spacial score (nSPS) is 19.9. The number of thiophene rings is 1. The molecule has 1 saturated carbocycles. The van der Waals surface area contributed by atoms with E-state index < -0.39 is 24.5 Å². The van der Waals surface area contributed by atoms with Gasteiger partial charge in [-0.05, 0) is 43.5 Å². The molecule has 1 aliphatic heterocycles. The predicted octanol–water partition coefficient (Wildman–Crippen LogP) is 6.77. The fourth-order valence-corrected chi connectivity index (χ4v) is 6.59. The number of hydrogen-bond acceptors (Lipinski definition) is 5. The highest BCUT2D eigenvalue weighted by molar-refractivity contribution is 7.18. The van der Waals surface area contributed by atoms with Gasteiger partial charge in [-0.25, -0.2) is 9.97 Å². The van der Waals surface area contributed by atoms with Gasteiger partial charge in [0.2, 0.25) is 0 Å². The molecule has 4 heterocycles. The molecule has 2 aliphatic rings. The van der Waals surface area contributed by atoms with E-state index in [2.05, 4.69) is 25.2 Å². The molecule has 0 amide bonds. The highest BCUT2D eigenvalue weighted by Gasteiger charge is 2.49. The molecule has 12 heteroatoms. The summed E-state index contributed by atoms with van der Waals surface area (Å²) in [7, 11) is 0. The van der Waals surface area contributed by atoms with E-state index in [1.54, 1.807) is 24.3 Å². The summed E-state index contributed by atoms with van der Waals surface area (Å²) in [4.78, 5) is 13.8. The number of halogens is 6. The lowest BCUT2D eigenvalue weighted by molar-refractivity contribution is -0.140. The minimum atomic E-state index is -4.42. The maximum Gasteiger partial charge on any atom is 0.431 e. The number of nitrogens with zero attached hydrogens (tertiary/aromatic N) is 3. The summed E-state index contributed by atoms with van der Waals surface area (Å²) in [5, 5.41) is 4.63. The molecule has 1 saturated heterocycles. The third-order valence-electron chi connectivity index (χ3n) is 7.09. The molecule has 0 bridgehead atoms. The highest BCUT2D eigenvalue weighted by Crippen LogP contribution is 2.49. The Balaban J connectivity index is 1.12. The molecule has 0 radical (unpaired) electrons. The van der Waals surface area contributed by atoms with E-state index in [0.717, 1.165) is 55.4 Å². The van der Waals surface area contributed by atoms with Crippen molar-refractivity contribution in [3.8, 4) is 0 Å². The van der Waals surface area contributed by atoms with Crippen LogP contribution in [0.3, 0.4) is 0 Å². The Morgan fingerprint density at radius 1 is 1.08 bits per heavy atom. The summed E-state index contributed by atoms with van der Waals surface area (Å²) in [6.07, 6.45) is -5.45. The van der Waals surface area contributed by atoms with Crippen LogP contribution in [0.2, 0.25) is 0 Å². The molecule has 6 rings (SSSR count). The van der Waals surface area contributed by atoms with Crippen LogP contribution in [-0.2, 0) is 12.6 Å². The number of anilines is 2. The fourth-order valence-electron chi connectivity index (χ4n) is 5.57. The Morgan fingerprint density at radius 3 is 2.64 bits per heavy atom.